The van der Waals surface area contributed by atoms with Gasteiger partial charge in [-0.05, 0) is 18.6 Å². The third kappa shape index (κ3) is 2.18. The van der Waals surface area contributed by atoms with Gasteiger partial charge in [0.1, 0.15) is 0 Å². The van der Waals surface area contributed by atoms with Crippen LogP contribution in [-0.2, 0) is 0 Å². The molecule has 5 heteroatoms. The smallest absolute Gasteiger partial charge is 0.197 e. The summed E-state index contributed by atoms with van der Waals surface area (Å²) in [5, 5.41) is 6.01. The zero-order valence-corrected chi connectivity index (χ0v) is 6.37. The summed E-state index contributed by atoms with van der Waals surface area (Å²) in [6.45, 7) is 1.78. The Balaban J connectivity index is 2.38. The maximum Gasteiger partial charge on any atom is 0.197 e. The van der Waals surface area contributed by atoms with Crippen molar-refractivity contribution in [2.24, 2.45) is 10.7 Å². The van der Waals surface area contributed by atoms with Crippen LogP contribution in [0.5, 0.6) is 0 Å². The molecule has 0 atom stereocenters. The SMILES string of the molecule is NC(=S)NC1=NCCCN1. The normalized spacial score (nSPS) is 17.0. The van der Waals surface area contributed by atoms with Gasteiger partial charge in [-0.2, -0.15) is 0 Å². The number of hydrogen-bond acceptors (Lipinski definition) is 3. The zero-order chi connectivity index (χ0) is 7.40. The number of nitrogens with two attached hydrogens (primary N) is 1. The van der Waals surface area contributed by atoms with Gasteiger partial charge >= 0.3 is 0 Å². The van der Waals surface area contributed by atoms with Gasteiger partial charge in [-0.25, -0.2) is 0 Å². The third-order valence-electron chi connectivity index (χ3n) is 1.14. The molecule has 0 aromatic carbocycles. The molecule has 0 fully saturated rings. The fourth-order valence-corrected chi connectivity index (χ4v) is 0.830. The fraction of sp³-hybridized carbons (Fsp3) is 0.600. The summed E-state index contributed by atoms with van der Waals surface area (Å²) in [6.07, 6.45) is 1.07. The van der Waals surface area contributed by atoms with E-state index in [9.17, 15) is 0 Å². The molecule has 0 unspecified atom stereocenters. The topological polar surface area (TPSA) is 62.4 Å². The Morgan fingerprint density at radius 1 is 1.80 bits per heavy atom. The maximum absolute atomic E-state index is 5.22. The molecule has 56 valence electrons. The van der Waals surface area contributed by atoms with Gasteiger partial charge in [-0.1, -0.05) is 0 Å². The van der Waals surface area contributed by atoms with E-state index in [0.29, 0.717) is 5.96 Å². The zero-order valence-electron chi connectivity index (χ0n) is 5.55. The molecule has 0 aliphatic carbocycles. The van der Waals surface area contributed by atoms with E-state index in [1.54, 1.807) is 0 Å². The third-order valence-corrected chi connectivity index (χ3v) is 1.24. The largest absolute Gasteiger partial charge is 0.376 e. The lowest BCUT2D eigenvalue weighted by Crippen LogP contribution is -2.45. The molecular formula is C5H10N4S. The number of hydrogen-bond donors (Lipinski definition) is 3. The van der Waals surface area contributed by atoms with E-state index in [2.05, 4.69) is 27.8 Å². The number of nitrogens with one attached hydrogen (secondary N) is 2. The number of aliphatic imine (C=N–C) groups is 1. The molecule has 0 radical (unpaired) electrons. The molecule has 4 nitrogen and oxygen atoms in total. The van der Waals surface area contributed by atoms with Crippen LogP contribution in [0.4, 0.5) is 0 Å². The van der Waals surface area contributed by atoms with Crippen molar-refractivity contribution in [2.75, 3.05) is 13.1 Å². The molecule has 0 spiro atoms. The highest BCUT2D eigenvalue weighted by molar-refractivity contribution is 7.80. The summed E-state index contributed by atoms with van der Waals surface area (Å²) < 4.78 is 0. The van der Waals surface area contributed by atoms with Crippen molar-refractivity contribution in [2.45, 2.75) is 6.42 Å². The Morgan fingerprint density at radius 2 is 2.60 bits per heavy atom. The van der Waals surface area contributed by atoms with Crippen molar-refractivity contribution >= 4 is 23.3 Å². The number of nitrogens with zero attached hydrogens (tertiary/aromatic N) is 1. The number of rotatable bonds is 0. The molecule has 0 amide bonds. The number of thiocarbonyl (C=S) groups is 1. The van der Waals surface area contributed by atoms with Gasteiger partial charge < -0.3 is 16.4 Å². The molecule has 1 aliphatic heterocycles. The van der Waals surface area contributed by atoms with Crippen LogP contribution in [0.2, 0.25) is 0 Å². The monoisotopic (exact) mass is 158 g/mol. The van der Waals surface area contributed by atoms with Crippen LogP contribution in [-0.4, -0.2) is 24.2 Å². The molecule has 4 N–H and O–H groups in total. The second kappa shape index (κ2) is 3.36. The van der Waals surface area contributed by atoms with Gasteiger partial charge in [-0.3, -0.25) is 4.99 Å². The van der Waals surface area contributed by atoms with Crippen LogP contribution < -0.4 is 16.4 Å². The van der Waals surface area contributed by atoms with E-state index in [-0.39, 0.29) is 5.11 Å². The van der Waals surface area contributed by atoms with Gasteiger partial charge in [0.05, 0.1) is 0 Å². The summed E-state index contributed by atoms with van der Waals surface area (Å²) in [6, 6.07) is 0. The fourth-order valence-electron chi connectivity index (χ4n) is 0.733. The van der Waals surface area contributed by atoms with Gasteiger partial charge in [0, 0.05) is 13.1 Å². The Morgan fingerprint density at radius 3 is 3.10 bits per heavy atom. The lowest BCUT2D eigenvalue weighted by Gasteiger charge is -2.14. The van der Waals surface area contributed by atoms with Crippen LogP contribution in [0.15, 0.2) is 4.99 Å². The minimum atomic E-state index is 0.258. The average Bonchev–Trinajstić information content (AvgIpc) is 1.88. The quantitative estimate of drug-likeness (QED) is 0.403. The first kappa shape index (κ1) is 7.27. The highest BCUT2D eigenvalue weighted by Crippen LogP contribution is 1.85. The van der Waals surface area contributed by atoms with Gasteiger partial charge in [-0.15, -0.1) is 0 Å². The molecule has 0 bridgehead atoms. The second-order valence-electron chi connectivity index (χ2n) is 2.00. The van der Waals surface area contributed by atoms with E-state index >= 15 is 0 Å². The standard InChI is InChI=1S/C5H10N4S/c6-4(10)9-5-7-2-1-3-8-5/h1-3H2,(H4,6,7,8,9,10). The summed E-state index contributed by atoms with van der Waals surface area (Å²) >= 11 is 4.62. The maximum atomic E-state index is 5.22. The molecule has 0 aromatic heterocycles. The molecule has 0 aromatic rings. The lowest BCUT2D eigenvalue weighted by atomic mass is 10.4. The van der Waals surface area contributed by atoms with Gasteiger partial charge in [0.15, 0.2) is 11.1 Å². The Labute approximate surface area is 64.9 Å². The van der Waals surface area contributed by atoms with E-state index in [0.717, 1.165) is 19.5 Å². The lowest BCUT2D eigenvalue weighted by molar-refractivity contribution is 0.728. The Bertz CT molecular complexity index is 165. The average molecular weight is 158 g/mol. The van der Waals surface area contributed by atoms with Gasteiger partial charge in [0.25, 0.3) is 0 Å². The van der Waals surface area contributed by atoms with Crippen molar-refractivity contribution < 1.29 is 0 Å². The van der Waals surface area contributed by atoms with Crippen LogP contribution in [0.3, 0.4) is 0 Å². The predicted molar refractivity (Wildman–Crippen MR) is 44.8 cm³/mol. The highest BCUT2D eigenvalue weighted by Gasteiger charge is 2.02. The Hall–Kier alpha value is -0.840. The summed E-state index contributed by atoms with van der Waals surface area (Å²) in [7, 11) is 0. The first-order valence-corrected chi connectivity index (χ1v) is 3.54. The summed E-state index contributed by atoms with van der Waals surface area (Å²) in [5.41, 5.74) is 5.22. The summed E-state index contributed by atoms with van der Waals surface area (Å²) in [5.74, 6) is 0.693. The molecule has 10 heavy (non-hydrogen) atoms. The van der Waals surface area contributed by atoms with Crippen molar-refractivity contribution in [1.29, 1.82) is 0 Å². The predicted octanol–water partition coefficient (Wildman–Crippen LogP) is -0.831. The Kier molecular flexibility index (Phi) is 2.44. The molecule has 1 heterocycles. The minimum absolute atomic E-state index is 0.258. The highest BCUT2D eigenvalue weighted by atomic mass is 32.1. The van der Waals surface area contributed by atoms with E-state index in [1.165, 1.54) is 0 Å². The van der Waals surface area contributed by atoms with Crippen molar-refractivity contribution in [1.82, 2.24) is 10.6 Å². The van der Waals surface area contributed by atoms with E-state index < -0.39 is 0 Å². The first-order valence-electron chi connectivity index (χ1n) is 3.14. The number of guanidine groups is 1. The minimum Gasteiger partial charge on any atom is -0.376 e. The van der Waals surface area contributed by atoms with E-state index in [4.69, 9.17) is 5.73 Å². The van der Waals surface area contributed by atoms with Gasteiger partial charge in [0.2, 0.25) is 0 Å². The second-order valence-corrected chi connectivity index (χ2v) is 2.44. The first-order chi connectivity index (χ1) is 4.79. The van der Waals surface area contributed by atoms with Crippen molar-refractivity contribution in [3.05, 3.63) is 0 Å². The molecule has 0 saturated carbocycles. The van der Waals surface area contributed by atoms with E-state index in [1.807, 2.05) is 0 Å². The van der Waals surface area contributed by atoms with Crippen LogP contribution >= 0.6 is 12.2 Å². The van der Waals surface area contributed by atoms with Crippen LogP contribution in [0, 0.1) is 0 Å². The van der Waals surface area contributed by atoms with Crippen LogP contribution in [0.25, 0.3) is 0 Å². The van der Waals surface area contributed by atoms with Crippen molar-refractivity contribution in [3.8, 4) is 0 Å². The van der Waals surface area contributed by atoms with Crippen LogP contribution in [0.1, 0.15) is 6.42 Å². The molecule has 0 saturated heterocycles. The molecular weight excluding hydrogens is 148 g/mol. The van der Waals surface area contributed by atoms with Crippen molar-refractivity contribution in [3.63, 3.8) is 0 Å². The summed E-state index contributed by atoms with van der Waals surface area (Å²) in [4.78, 5) is 4.10. The molecule has 1 aliphatic rings. The molecule has 1 rings (SSSR count).